The smallest absolute Gasteiger partial charge is 0.234 e. The highest BCUT2D eigenvalue weighted by molar-refractivity contribution is 7.99. The van der Waals surface area contributed by atoms with Crippen LogP contribution in [0.4, 0.5) is 5.69 Å². The zero-order valence-electron chi connectivity index (χ0n) is 14.2. The van der Waals surface area contributed by atoms with E-state index in [1.165, 1.54) is 22.2 Å². The van der Waals surface area contributed by atoms with Gasteiger partial charge >= 0.3 is 0 Å². The zero-order valence-corrected chi connectivity index (χ0v) is 15.9. The molecule has 1 aromatic carbocycles. The third-order valence-electron chi connectivity index (χ3n) is 3.82. The molecule has 0 bridgehead atoms. The summed E-state index contributed by atoms with van der Waals surface area (Å²) < 4.78 is 1.95. The highest BCUT2D eigenvalue weighted by Crippen LogP contribution is 2.19. The fourth-order valence-corrected chi connectivity index (χ4v) is 3.78. The van der Waals surface area contributed by atoms with E-state index in [1.54, 1.807) is 11.3 Å². The molecule has 3 rings (SSSR count). The number of carbonyl (C=O) groups excluding carboxylic acids is 1. The maximum atomic E-state index is 12.1. The SMILES string of the molecule is CCc1ccc(NC(=O)CSc2nnc(Cc3cccs3)n2C)cc1. The molecule has 0 fully saturated rings. The molecule has 0 aliphatic heterocycles. The van der Waals surface area contributed by atoms with Crippen molar-refractivity contribution in [1.29, 1.82) is 0 Å². The molecule has 0 atom stereocenters. The largest absolute Gasteiger partial charge is 0.325 e. The highest BCUT2D eigenvalue weighted by Gasteiger charge is 2.12. The van der Waals surface area contributed by atoms with Crippen molar-refractivity contribution < 1.29 is 4.79 Å². The fraction of sp³-hybridized carbons (Fsp3) is 0.278. The number of nitrogens with zero attached hydrogens (tertiary/aromatic N) is 3. The maximum absolute atomic E-state index is 12.1. The molecule has 2 heterocycles. The molecule has 2 aromatic heterocycles. The summed E-state index contributed by atoms with van der Waals surface area (Å²) in [5.74, 6) is 1.16. The molecular weight excluding hydrogens is 352 g/mol. The minimum Gasteiger partial charge on any atom is -0.325 e. The van der Waals surface area contributed by atoms with Crippen LogP contribution in [0.1, 0.15) is 23.2 Å². The number of nitrogens with one attached hydrogen (secondary N) is 1. The lowest BCUT2D eigenvalue weighted by Gasteiger charge is -2.06. The van der Waals surface area contributed by atoms with Crippen LogP contribution in [0.3, 0.4) is 0 Å². The van der Waals surface area contributed by atoms with E-state index >= 15 is 0 Å². The fourth-order valence-electron chi connectivity index (χ4n) is 2.34. The predicted octanol–water partition coefficient (Wildman–Crippen LogP) is 3.76. The summed E-state index contributed by atoms with van der Waals surface area (Å²) in [6, 6.07) is 12.0. The Morgan fingerprint density at radius 2 is 2.04 bits per heavy atom. The number of rotatable bonds is 7. The quantitative estimate of drug-likeness (QED) is 0.642. The number of carbonyl (C=O) groups is 1. The van der Waals surface area contributed by atoms with Crippen LogP contribution in [0.5, 0.6) is 0 Å². The van der Waals surface area contributed by atoms with Crippen LogP contribution in [0.25, 0.3) is 0 Å². The summed E-state index contributed by atoms with van der Waals surface area (Å²) >= 11 is 3.10. The summed E-state index contributed by atoms with van der Waals surface area (Å²) in [6.45, 7) is 2.11. The lowest BCUT2D eigenvalue weighted by molar-refractivity contribution is -0.113. The van der Waals surface area contributed by atoms with Crippen molar-refractivity contribution in [3.63, 3.8) is 0 Å². The standard InChI is InChI=1S/C18H20N4OS2/c1-3-13-6-8-14(9-7-13)19-17(23)12-25-18-21-20-16(22(18)2)11-15-5-4-10-24-15/h4-10H,3,11-12H2,1-2H3,(H,19,23). The van der Waals surface area contributed by atoms with E-state index in [4.69, 9.17) is 0 Å². The molecule has 1 amide bonds. The minimum absolute atomic E-state index is 0.0444. The second-order valence-electron chi connectivity index (χ2n) is 5.60. The van der Waals surface area contributed by atoms with Crippen LogP contribution < -0.4 is 5.32 Å². The summed E-state index contributed by atoms with van der Waals surface area (Å²) in [6.07, 6.45) is 1.75. The van der Waals surface area contributed by atoms with E-state index in [-0.39, 0.29) is 5.91 Å². The number of aromatic nitrogens is 3. The minimum atomic E-state index is -0.0444. The van der Waals surface area contributed by atoms with Crippen molar-refractivity contribution in [3.8, 4) is 0 Å². The van der Waals surface area contributed by atoms with Gasteiger partial charge in [-0.2, -0.15) is 0 Å². The van der Waals surface area contributed by atoms with Gasteiger partial charge in [0, 0.05) is 24.0 Å². The van der Waals surface area contributed by atoms with Crippen LogP contribution in [-0.4, -0.2) is 26.4 Å². The Hall–Kier alpha value is -2.12. The van der Waals surface area contributed by atoms with E-state index < -0.39 is 0 Å². The Kier molecular flexibility index (Phi) is 5.88. The van der Waals surface area contributed by atoms with Gasteiger partial charge in [0.1, 0.15) is 5.82 Å². The molecule has 5 nitrogen and oxygen atoms in total. The van der Waals surface area contributed by atoms with Gasteiger partial charge in [-0.1, -0.05) is 36.9 Å². The van der Waals surface area contributed by atoms with E-state index in [1.807, 2.05) is 41.9 Å². The van der Waals surface area contributed by atoms with Gasteiger partial charge in [0.15, 0.2) is 5.16 Å². The van der Waals surface area contributed by atoms with E-state index in [0.29, 0.717) is 5.75 Å². The Balaban J connectivity index is 1.54. The van der Waals surface area contributed by atoms with E-state index in [9.17, 15) is 4.79 Å². The van der Waals surface area contributed by atoms with Gasteiger partial charge in [0.25, 0.3) is 0 Å². The molecule has 0 spiro atoms. The molecule has 1 N–H and O–H groups in total. The lowest BCUT2D eigenvalue weighted by Crippen LogP contribution is -2.14. The van der Waals surface area contributed by atoms with Gasteiger partial charge in [-0.15, -0.1) is 21.5 Å². The average Bonchev–Trinajstić information content (AvgIpc) is 3.25. The molecule has 0 saturated heterocycles. The maximum Gasteiger partial charge on any atom is 0.234 e. The Bertz CT molecular complexity index is 825. The topological polar surface area (TPSA) is 59.8 Å². The Morgan fingerprint density at radius 1 is 1.24 bits per heavy atom. The molecule has 25 heavy (non-hydrogen) atoms. The van der Waals surface area contributed by atoms with Gasteiger partial charge in [-0.3, -0.25) is 4.79 Å². The number of thiophene rings is 1. The summed E-state index contributed by atoms with van der Waals surface area (Å²) in [4.78, 5) is 13.4. The number of benzene rings is 1. The van der Waals surface area contributed by atoms with E-state index in [0.717, 1.165) is 29.5 Å². The molecule has 0 aliphatic carbocycles. The first-order valence-corrected chi connectivity index (χ1v) is 9.94. The number of thioether (sulfide) groups is 1. The molecular formula is C18H20N4OS2. The monoisotopic (exact) mass is 372 g/mol. The molecule has 0 unspecified atom stereocenters. The number of anilines is 1. The normalized spacial score (nSPS) is 10.8. The Morgan fingerprint density at radius 3 is 2.72 bits per heavy atom. The molecule has 0 aliphatic rings. The van der Waals surface area contributed by atoms with Gasteiger partial charge in [-0.05, 0) is 35.6 Å². The van der Waals surface area contributed by atoms with Crippen molar-refractivity contribution in [2.75, 3.05) is 11.1 Å². The van der Waals surface area contributed by atoms with Crippen LogP contribution in [0.2, 0.25) is 0 Å². The zero-order chi connectivity index (χ0) is 17.6. The van der Waals surface area contributed by atoms with Crippen molar-refractivity contribution in [2.24, 2.45) is 7.05 Å². The van der Waals surface area contributed by atoms with Gasteiger partial charge < -0.3 is 9.88 Å². The highest BCUT2D eigenvalue weighted by atomic mass is 32.2. The van der Waals surface area contributed by atoms with Crippen LogP contribution >= 0.6 is 23.1 Å². The number of amides is 1. The first-order valence-electron chi connectivity index (χ1n) is 8.08. The molecule has 3 aromatic rings. The summed E-state index contributed by atoms with van der Waals surface area (Å²) in [5, 5.41) is 14.2. The van der Waals surface area contributed by atoms with Crippen LogP contribution in [0.15, 0.2) is 46.9 Å². The number of aryl methyl sites for hydroxylation is 1. The predicted molar refractivity (Wildman–Crippen MR) is 103 cm³/mol. The first-order chi connectivity index (χ1) is 12.2. The van der Waals surface area contributed by atoms with Crippen LogP contribution in [-0.2, 0) is 24.7 Å². The van der Waals surface area contributed by atoms with Gasteiger partial charge in [0.05, 0.1) is 5.75 Å². The van der Waals surface area contributed by atoms with Crippen molar-refractivity contribution in [1.82, 2.24) is 14.8 Å². The molecule has 130 valence electrons. The van der Waals surface area contributed by atoms with Crippen LogP contribution in [0, 0.1) is 0 Å². The lowest BCUT2D eigenvalue weighted by atomic mass is 10.1. The Labute approximate surface area is 155 Å². The molecule has 0 radical (unpaired) electrons. The van der Waals surface area contributed by atoms with Crippen molar-refractivity contribution in [2.45, 2.75) is 24.9 Å². The second kappa shape index (κ2) is 8.31. The number of hydrogen-bond acceptors (Lipinski definition) is 5. The molecule has 7 heteroatoms. The molecule has 0 saturated carbocycles. The van der Waals surface area contributed by atoms with Crippen molar-refractivity contribution >= 4 is 34.7 Å². The van der Waals surface area contributed by atoms with Crippen molar-refractivity contribution in [3.05, 3.63) is 58.0 Å². The van der Waals surface area contributed by atoms with Gasteiger partial charge in [0.2, 0.25) is 5.91 Å². The first kappa shape index (κ1) is 17.7. The summed E-state index contributed by atoms with van der Waals surface area (Å²) in [7, 11) is 1.94. The summed E-state index contributed by atoms with van der Waals surface area (Å²) in [5.41, 5.74) is 2.07. The third-order valence-corrected chi connectivity index (χ3v) is 5.71. The van der Waals surface area contributed by atoms with Gasteiger partial charge in [-0.25, -0.2) is 0 Å². The van der Waals surface area contributed by atoms with E-state index in [2.05, 4.69) is 33.9 Å². The number of hydrogen-bond donors (Lipinski definition) is 1. The average molecular weight is 373 g/mol. The third kappa shape index (κ3) is 4.70. The second-order valence-corrected chi connectivity index (χ2v) is 7.58.